The molecule has 0 spiro atoms. The summed E-state index contributed by atoms with van der Waals surface area (Å²) in [6.45, 7) is 7.18. The fourth-order valence-corrected chi connectivity index (χ4v) is 4.24. The Kier molecular flexibility index (Phi) is 1.81. The molecule has 0 nitrogen and oxygen atoms in total. The number of hydrogen-bond acceptors (Lipinski definition) is 1. The zero-order valence-corrected chi connectivity index (χ0v) is 9.32. The van der Waals surface area contributed by atoms with Gasteiger partial charge in [-0.05, 0) is 42.4 Å². The van der Waals surface area contributed by atoms with Crippen LogP contribution in [0.3, 0.4) is 0 Å². The molecule has 2 rings (SSSR count). The normalized spacial score (nSPS) is 52.2. The Hall–Kier alpha value is 0.350. The highest BCUT2D eigenvalue weighted by atomic mass is 32.1. The first-order valence-electron chi connectivity index (χ1n) is 5.19. The van der Waals surface area contributed by atoms with Crippen molar-refractivity contribution in [3.05, 3.63) is 0 Å². The third-order valence-electron chi connectivity index (χ3n) is 4.68. The van der Waals surface area contributed by atoms with E-state index in [2.05, 4.69) is 20.8 Å². The van der Waals surface area contributed by atoms with Crippen molar-refractivity contribution in [1.82, 2.24) is 0 Å². The van der Waals surface area contributed by atoms with Gasteiger partial charge in [0.05, 0.1) is 0 Å². The predicted octanol–water partition coefficient (Wildman–Crippen LogP) is 3.52. The number of fused-ring (bicyclic) bond motifs is 2. The SMILES string of the molecule is CC(C)C12CCC(C)(CC1)C2S. The van der Waals surface area contributed by atoms with E-state index in [0.29, 0.717) is 16.1 Å². The molecular formula is C11H20S. The van der Waals surface area contributed by atoms with Crippen LogP contribution in [-0.2, 0) is 0 Å². The summed E-state index contributed by atoms with van der Waals surface area (Å²) in [5.41, 5.74) is 1.17. The molecule has 0 aromatic carbocycles. The van der Waals surface area contributed by atoms with Gasteiger partial charge in [-0.1, -0.05) is 20.8 Å². The second kappa shape index (κ2) is 2.43. The van der Waals surface area contributed by atoms with Crippen molar-refractivity contribution in [2.45, 2.75) is 51.7 Å². The van der Waals surface area contributed by atoms with Crippen LogP contribution in [0.25, 0.3) is 0 Å². The van der Waals surface area contributed by atoms with E-state index >= 15 is 0 Å². The van der Waals surface area contributed by atoms with Crippen molar-refractivity contribution in [1.29, 1.82) is 0 Å². The van der Waals surface area contributed by atoms with E-state index in [1.807, 2.05) is 0 Å². The van der Waals surface area contributed by atoms with Crippen molar-refractivity contribution in [3.8, 4) is 0 Å². The highest BCUT2D eigenvalue weighted by Crippen LogP contribution is 2.66. The fraction of sp³-hybridized carbons (Fsp3) is 1.00. The lowest BCUT2D eigenvalue weighted by Gasteiger charge is -2.34. The highest BCUT2D eigenvalue weighted by molar-refractivity contribution is 7.81. The Bertz CT molecular complexity index is 187. The van der Waals surface area contributed by atoms with Crippen LogP contribution in [0.1, 0.15) is 46.5 Å². The van der Waals surface area contributed by atoms with Gasteiger partial charge in [0.2, 0.25) is 0 Å². The Morgan fingerprint density at radius 2 is 1.67 bits per heavy atom. The van der Waals surface area contributed by atoms with Gasteiger partial charge < -0.3 is 0 Å². The molecule has 2 bridgehead atoms. The fourth-order valence-electron chi connectivity index (χ4n) is 3.42. The average molecular weight is 184 g/mol. The summed E-state index contributed by atoms with van der Waals surface area (Å²) in [7, 11) is 0. The standard InChI is InChI=1S/C11H20S/c1-8(2)11-6-4-10(3,5-7-11)9(11)12/h8-9,12H,4-7H2,1-3H3. The van der Waals surface area contributed by atoms with Gasteiger partial charge in [0.1, 0.15) is 0 Å². The molecule has 12 heavy (non-hydrogen) atoms. The molecule has 0 aromatic rings. The minimum Gasteiger partial charge on any atom is -0.175 e. The van der Waals surface area contributed by atoms with Crippen LogP contribution >= 0.6 is 12.6 Å². The molecule has 2 aliphatic rings. The third kappa shape index (κ3) is 0.865. The molecule has 1 unspecified atom stereocenters. The molecule has 2 fully saturated rings. The predicted molar refractivity (Wildman–Crippen MR) is 56.6 cm³/mol. The molecule has 0 heterocycles. The summed E-state index contributed by atoms with van der Waals surface area (Å²) in [6, 6.07) is 0. The zero-order valence-electron chi connectivity index (χ0n) is 8.43. The first-order valence-corrected chi connectivity index (χ1v) is 5.71. The topological polar surface area (TPSA) is 0 Å². The summed E-state index contributed by atoms with van der Waals surface area (Å²) in [5.74, 6) is 0.823. The van der Waals surface area contributed by atoms with E-state index in [-0.39, 0.29) is 0 Å². The molecular weight excluding hydrogens is 164 g/mol. The second-order valence-electron chi connectivity index (χ2n) is 5.44. The van der Waals surface area contributed by atoms with Crippen LogP contribution in [0.15, 0.2) is 0 Å². The smallest absolute Gasteiger partial charge is 0.0129 e. The quantitative estimate of drug-likeness (QED) is 0.592. The maximum atomic E-state index is 4.86. The number of hydrogen-bond donors (Lipinski definition) is 1. The number of rotatable bonds is 1. The Labute approximate surface area is 81.5 Å². The molecule has 2 saturated carbocycles. The minimum absolute atomic E-state index is 0.577. The van der Waals surface area contributed by atoms with Gasteiger partial charge in [0.25, 0.3) is 0 Å². The summed E-state index contributed by atoms with van der Waals surface area (Å²) in [6.07, 6.45) is 5.68. The molecule has 0 aliphatic heterocycles. The van der Waals surface area contributed by atoms with E-state index in [1.54, 1.807) is 0 Å². The summed E-state index contributed by atoms with van der Waals surface area (Å²) in [4.78, 5) is 0. The van der Waals surface area contributed by atoms with E-state index in [1.165, 1.54) is 25.7 Å². The zero-order chi connectivity index (χ0) is 8.98. The van der Waals surface area contributed by atoms with Gasteiger partial charge in [-0.15, -0.1) is 0 Å². The van der Waals surface area contributed by atoms with Crippen LogP contribution in [0.4, 0.5) is 0 Å². The van der Waals surface area contributed by atoms with Crippen molar-refractivity contribution < 1.29 is 0 Å². The van der Waals surface area contributed by atoms with Crippen molar-refractivity contribution in [2.24, 2.45) is 16.7 Å². The van der Waals surface area contributed by atoms with Gasteiger partial charge in [0.15, 0.2) is 0 Å². The summed E-state index contributed by atoms with van der Waals surface area (Å²) in [5, 5.41) is 0.671. The maximum Gasteiger partial charge on any atom is 0.0129 e. The van der Waals surface area contributed by atoms with Gasteiger partial charge in [-0.3, -0.25) is 0 Å². The summed E-state index contributed by atoms with van der Waals surface area (Å²) >= 11 is 4.86. The van der Waals surface area contributed by atoms with Gasteiger partial charge in [0, 0.05) is 5.25 Å². The van der Waals surface area contributed by atoms with Crippen LogP contribution in [0, 0.1) is 16.7 Å². The van der Waals surface area contributed by atoms with Crippen LogP contribution < -0.4 is 0 Å². The molecule has 0 amide bonds. The van der Waals surface area contributed by atoms with Gasteiger partial charge in [-0.25, -0.2) is 0 Å². The van der Waals surface area contributed by atoms with E-state index in [9.17, 15) is 0 Å². The molecule has 1 heteroatoms. The molecule has 0 N–H and O–H groups in total. The first-order chi connectivity index (χ1) is 5.51. The van der Waals surface area contributed by atoms with Crippen molar-refractivity contribution in [2.75, 3.05) is 0 Å². The second-order valence-corrected chi connectivity index (χ2v) is 5.96. The van der Waals surface area contributed by atoms with E-state index < -0.39 is 0 Å². The Balaban J connectivity index is 2.31. The number of thiol groups is 1. The van der Waals surface area contributed by atoms with Gasteiger partial charge in [-0.2, -0.15) is 12.6 Å². The maximum absolute atomic E-state index is 4.86. The molecule has 0 radical (unpaired) electrons. The van der Waals surface area contributed by atoms with Crippen LogP contribution in [0.5, 0.6) is 0 Å². The van der Waals surface area contributed by atoms with E-state index in [4.69, 9.17) is 12.6 Å². The Morgan fingerprint density at radius 3 is 1.83 bits per heavy atom. The monoisotopic (exact) mass is 184 g/mol. The van der Waals surface area contributed by atoms with Crippen LogP contribution in [-0.4, -0.2) is 5.25 Å². The van der Waals surface area contributed by atoms with E-state index in [0.717, 1.165) is 5.92 Å². The highest BCUT2D eigenvalue weighted by Gasteiger charge is 2.59. The summed E-state index contributed by atoms with van der Waals surface area (Å²) < 4.78 is 0. The lowest BCUT2D eigenvalue weighted by Crippen LogP contribution is -2.30. The van der Waals surface area contributed by atoms with Crippen molar-refractivity contribution in [3.63, 3.8) is 0 Å². The molecule has 70 valence electrons. The Morgan fingerprint density at radius 1 is 1.17 bits per heavy atom. The van der Waals surface area contributed by atoms with Crippen LogP contribution in [0.2, 0.25) is 0 Å². The largest absolute Gasteiger partial charge is 0.175 e. The average Bonchev–Trinajstić information content (AvgIpc) is 2.41. The third-order valence-corrected chi connectivity index (χ3v) is 5.82. The van der Waals surface area contributed by atoms with Crippen molar-refractivity contribution >= 4 is 12.6 Å². The molecule has 0 saturated heterocycles. The molecule has 0 aromatic heterocycles. The van der Waals surface area contributed by atoms with Gasteiger partial charge >= 0.3 is 0 Å². The lowest BCUT2D eigenvalue weighted by atomic mass is 9.74. The first kappa shape index (κ1) is 8.93. The molecule has 2 aliphatic carbocycles. The lowest BCUT2D eigenvalue weighted by molar-refractivity contribution is 0.203. The molecule has 1 atom stereocenters. The minimum atomic E-state index is 0.577.